The summed E-state index contributed by atoms with van der Waals surface area (Å²) < 4.78 is 13.2. The Bertz CT molecular complexity index is 647. The molecule has 1 unspecified atom stereocenters. The zero-order valence-corrected chi connectivity index (χ0v) is 14.7. The number of Topliss-reactive ketones (excluding diaryl/α,β-unsaturated/α-hetero) is 1. The van der Waals surface area contributed by atoms with Gasteiger partial charge in [-0.25, -0.2) is 4.39 Å². The molecule has 2 nitrogen and oxygen atoms in total. The molecule has 0 aliphatic rings. The lowest BCUT2D eigenvalue weighted by molar-refractivity contribution is 0.0897. The maximum absolute atomic E-state index is 13.2. The van der Waals surface area contributed by atoms with E-state index < -0.39 is 5.82 Å². The maximum atomic E-state index is 13.2. The van der Waals surface area contributed by atoms with Crippen LogP contribution in [0.5, 0.6) is 0 Å². The smallest absolute Gasteiger partial charge is 0.169 e. The molecule has 0 amide bonds. The van der Waals surface area contributed by atoms with Gasteiger partial charge in [0.1, 0.15) is 5.82 Å². The third-order valence-electron chi connectivity index (χ3n) is 3.48. The summed E-state index contributed by atoms with van der Waals surface area (Å²) in [5, 5.41) is 0.168. The zero-order valence-electron chi connectivity index (χ0n) is 13.1. The first-order valence-electron chi connectivity index (χ1n) is 7.15. The monoisotopic (exact) mass is 355 g/mol. The van der Waals surface area contributed by atoms with Crippen molar-refractivity contribution in [1.82, 2.24) is 4.90 Å². The van der Waals surface area contributed by atoms with Crippen molar-refractivity contribution in [2.75, 3.05) is 20.6 Å². The minimum atomic E-state index is -0.436. The van der Waals surface area contributed by atoms with Crippen LogP contribution in [-0.2, 0) is 6.42 Å². The predicted octanol–water partition coefficient (Wildman–Crippen LogP) is 4.50. The Morgan fingerprint density at radius 2 is 1.83 bits per heavy atom. The summed E-state index contributed by atoms with van der Waals surface area (Å²) in [5.41, 5.74) is 1.48. The molecule has 0 radical (unpaired) electrons. The largest absolute Gasteiger partial charge is 0.309 e. The fourth-order valence-corrected chi connectivity index (χ4v) is 2.75. The van der Waals surface area contributed by atoms with Gasteiger partial charge in [0.25, 0.3) is 0 Å². The van der Waals surface area contributed by atoms with Crippen LogP contribution >= 0.6 is 24.0 Å². The molecule has 124 valence electrons. The molecule has 2 rings (SSSR count). The Balaban J connectivity index is 0.00000264. The number of benzene rings is 2. The highest BCUT2D eigenvalue weighted by Gasteiger charge is 2.23. The number of nitrogens with zero attached hydrogens (tertiary/aromatic N) is 1. The van der Waals surface area contributed by atoms with Crippen molar-refractivity contribution in [3.05, 3.63) is 70.5 Å². The van der Waals surface area contributed by atoms with E-state index in [1.54, 1.807) is 0 Å². The van der Waals surface area contributed by atoms with Gasteiger partial charge in [-0.3, -0.25) is 4.79 Å². The molecule has 0 aromatic heterocycles. The van der Waals surface area contributed by atoms with Crippen molar-refractivity contribution in [3.63, 3.8) is 0 Å². The van der Waals surface area contributed by atoms with Crippen LogP contribution in [0.3, 0.4) is 0 Å². The lowest BCUT2D eigenvalue weighted by Crippen LogP contribution is -2.30. The van der Waals surface area contributed by atoms with Gasteiger partial charge in [0, 0.05) is 18.0 Å². The second-order valence-corrected chi connectivity index (χ2v) is 6.04. The van der Waals surface area contributed by atoms with Gasteiger partial charge in [-0.15, -0.1) is 12.4 Å². The van der Waals surface area contributed by atoms with E-state index >= 15 is 0 Å². The van der Waals surface area contributed by atoms with Crippen LogP contribution in [0.4, 0.5) is 4.39 Å². The highest BCUT2D eigenvalue weighted by atomic mass is 35.5. The van der Waals surface area contributed by atoms with E-state index in [4.69, 9.17) is 11.6 Å². The number of carbonyl (C=O) groups excluding carboxylic acids is 1. The summed E-state index contributed by atoms with van der Waals surface area (Å²) in [7, 11) is 3.86. The second-order valence-electron chi connectivity index (χ2n) is 5.64. The Morgan fingerprint density at radius 3 is 2.39 bits per heavy atom. The van der Waals surface area contributed by atoms with Gasteiger partial charge in [0.2, 0.25) is 0 Å². The van der Waals surface area contributed by atoms with Crippen LogP contribution < -0.4 is 0 Å². The van der Waals surface area contributed by atoms with E-state index in [-0.39, 0.29) is 29.1 Å². The summed E-state index contributed by atoms with van der Waals surface area (Å²) in [6.45, 7) is 0.613. The van der Waals surface area contributed by atoms with Gasteiger partial charge in [-0.2, -0.15) is 0 Å². The first-order chi connectivity index (χ1) is 10.5. The predicted molar refractivity (Wildman–Crippen MR) is 95.2 cm³/mol. The van der Waals surface area contributed by atoms with E-state index in [0.717, 1.165) is 5.56 Å². The van der Waals surface area contributed by atoms with Gasteiger partial charge in [-0.1, -0.05) is 41.9 Å². The number of halogens is 3. The average molecular weight is 356 g/mol. The third kappa shape index (κ3) is 5.61. The van der Waals surface area contributed by atoms with Gasteiger partial charge >= 0.3 is 0 Å². The van der Waals surface area contributed by atoms with Gasteiger partial charge in [0.15, 0.2) is 5.78 Å². The van der Waals surface area contributed by atoms with Crippen molar-refractivity contribution in [1.29, 1.82) is 0 Å². The molecule has 0 saturated heterocycles. The maximum Gasteiger partial charge on any atom is 0.169 e. The molecule has 1 atom stereocenters. The standard InChI is InChI=1S/C18H19ClFNO.ClH/c1-21(2)12-14(10-13-6-4-3-5-7-13)18(22)16-9-8-15(20)11-17(16)19;/h3-9,11,14H,10,12H2,1-2H3;1H. The molecule has 0 aliphatic carbocycles. The molecule has 0 fully saturated rings. The van der Waals surface area contributed by atoms with Crippen LogP contribution in [0.25, 0.3) is 0 Å². The highest BCUT2D eigenvalue weighted by molar-refractivity contribution is 6.34. The quantitative estimate of drug-likeness (QED) is 0.710. The Labute approximate surface area is 147 Å². The summed E-state index contributed by atoms with van der Waals surface area (Å²) in [4.78, 5) is 14.8. The van der Waals surface area contributed by atoms with Gasteiger partial charge in [-0.05, 0) is 44.3 Å². The molecule has 0 N–H and O–H groups in total. The average Bonchev–Trinajstić information content (AvgIpc) is 2.46. The topological polar surface area (TPSA) is 20.3 Å². The fraction of sp³-hybridized carbons (Fsp3) is 0.278. The SMILES string of the molecule is CN(C)CC(Cc1ccccc1)C(=O)c1ccc(F)cc1Cl.Cl. The van der Waals surface area contributed by atoms with E-state index in [1.807, 2.05) is 49.3 Å². The minimum absolute atomic E-state index is 0. The Kier molecular flexibility index (Phi) is 7.69. The van der Waals surface area contributed by atoms with Crippen molar-refractivity contribution in [2.45, 2.75) is 6.42 Å². The van der Waals surface area contributed by atoms with E-state index in [1.165, 1.54) is 18.2 Å². The van der Waals surface area contributed by atoms with Gasteiger partial charge in [0.05, 0.1) is 5.02 Å². The van der Waals surface area contributed by atoms with E-state index in [2.05, 4.69) is 0 Å². The molecule has 2 aromatic rings. The zero-order chi connectivity index (χ0) is 16.1. The number of hydrogen-bond donors (Lipinski definition) is 0. The Hall–Kier alpha value is -1.42. The van der Waals surface area contributed by atoms with E-state index in [9.17, 15) is 9.18 Å². The number of rotatable bonds is 6. The number of carbonyl (C=O) groups is 1. The van der Waals surface area contributed by atoms with Gasteiger partial charge < -0.3 is 4.90 Å². The van der Waals surface area contributed by atoms with Crippen LogP contribution in [0.1, 0.15) is 15.9 Å². The lowest BCUT2D eigenvalue weighted by Gasteiger charge is -2.20. The third-order valence-corrected chi connectivity index (χ3v) is 3.79. The molecule has 0 saturated carbocycles. The molecule has 2 aromatic carbocycles. The summed E-state index contributed by atoms with van der Waals surface area (Å²) >= 11 is 6.03. The first-order valence-corrected chi connectivity index (χ1v) is 7.53. The summed E-state index contributed by atoms with van der Waals surface area (Å²) in [5.74, 6) is -0.711. The lowest BCUT2D eigenvalue weighted by atomic mass is 9.91. The van der Waals surface area contributed by atoms with Crippen LogP contribution in [0.2, 0.25) is 5.02 Å². The number of hydrogen-bond acceptors (Lipinski definition) is 2. The second kappa shape index (κ2) is 9.02. The van der Waals surface area contributed by atoms with E-state index in [0.29, 0.717) is 18.5 Å². The van der Waals surface area contributed by atoms with Crippen LogP contribution in [-0.4, -0.2) is 31.3 Å². The first kappa shape index (κ1) is 19.6. The molecule has 23 heavy (non-hydrogen) atoms. The molecular weight excluding hydrogens is 336 g/mol. The Morgan fingerprint density at radius 1 is 1.17 bits per heavy atom. The molecule has 0 aliphatic heterocycles. The summed E-state index contributed by atoms with van der Waals surface area (Å²) in [6, 6.07) is 13.8. The van der Waals surface area contributed by atoms with Crippen LogP contribution in [0.15, 0.2) is 48.5 Å². The molecular formula is C18H20Cl2FNO. The molecule has 0 heterocycles. The molecule has 0 bridgehead atoms. The van der Waals surface area contributed by atoms with Crippen molar-refractivity contribution >= 4 is 29.8 Å². The molecule has 0 spiro atoms. The van der Waals surface area contributed by atoms with Crippen molar-refractivity contribution in [3.8, 4) is 0 Å². The normalized spacial score (nSPS) is 11.9. The number of ketones is 1. The van der Waals surface area contributed by atoms with Crippen LogP contribution in [0, 0.1) is 11.7 Å². The van der Waals surface area contributed by atoms with Crippen molar-refractivity contribution < 1.29 is 9.18 Å². The highest BCUT2D eigenvalue weighted by Crippen LogP contribution is 2.23. The fourth-order valence-electron chi connectivity index (χ4n) is 2.49. The van der Waals surface area contributed by atoms with Crippen molar-refractivity contribution in [2.24, 2.45) is 5.92 Å². The summed E-state index contributed by atoms with van der Waals surface area (Å²) in [6.07, 6.45) is 0.631. The molecule has 5 heteroatoms. The minimum Gasteiger partial charge on any atom is -0.309 e.